The normalized spacial score (nSPS) is 15.1. The summed E-state index contributed by atoms with van der Waals surface area (Å²) in [5.41, 5.74) is 0.864. The Balaban J connectivity index is 1.31. The molecule has 0 radical (unpaired) electrons. The number of likely N-dealkylation sites (tertiary alicyclic amines) is 1. The summed E-state index contributed by atoms with van der Waals surface area (Å²) < 4.78 is 43.2. The van der Waals surface area contributed by atoms with Gasteiger partial charge in [0.2, 0.25) is 5.91 Å². The van der Waals surface area contributed by atoms with E-state index in [-0.39, 0.29) is 24.1 Å². The zero-order valence-corrected chi connectivity index (χ0v) is 17.6. The van der Waals surface area contributed by atoms with Crippen molar-refractivity contribution in [2.24, 2.45) is 0 Å². The molecule has 1 amide bonds. The zero-order chi connectivity index (χ0) is 22.5. The minimum absolute atomic E-state index is 0.0182. The molecule has 2 heterocycles. The lowest BCUT2D eigenvalue weighted by Gasteiger charge is -2.32. The maximum absolute atomic E-state index is 14.0. The molecule has 0 atom stereocenters. The molecule has 1 saturated heterocycles. The monoisotopic (exact) mass is 442 g/mol. The average molecular weight is 442 g/mol. The summed E-state index contributed by atoms with van der Waals surface area (Å²) in [6.07, 6.45) is 4.09. The van der Waals surface area contributed by atoms with Crippen molar-refractivity contribution < 1.29 is 18.0 Å². The molecule has 5 nitrogen and oxygen atoms in total. The summed E-state index contributed by atoms with van der Waals surface area (Å²) in [6.45, 7) is 1.19. The summed E-state index contributed by atoms with van der Waals surface area (Å²) in [6, 6.07) is 13.4. The Hall–Kier alpha value is -3.13. The van der Waals surface area contributed by atoms with E-state index >= 15 is 0 Å². The van der Waals surface area contributed by atoms with E-state index in [1.54, 1.807) is 16.9 Å². The number of hydrogen-bond donors (Lipinski definition) is 1. The first-order chi connectivity index (χ1) is 15.5. The van der Waals surface area contributed by atoms with Crippen LogP contribution in [0, 0.1) is 17.5 Å². The summed E-state index contributed by atoms with van der Waals surface area (Å²) in [5.74, 6) is -2.34. The van der Waals surface area contributed by atoms with E-state index in [4.69, 9.17) is 0 Å². The van der Waals surface area contributed by atoms with Crippen LogP contribution < -0.4 is 5.32 Å². The Morgan fingerprint density at radius 2 is 1.72 bits per heavy atom. The molecule has 8 heteroatoms. The zero-order valence-electron chi connectivity index (χ0n) is 17.6. The fraction of sp³-hybridized carbons (Fsp3) is 0.333. The van der Waals surface area contributed by atoms with Gasteiger partial charge in [-0.3, -0.25) is 9.69 Å². The van der Waals surface area contributed by atoms with Gasteiger partial charge in [-0.15, -0.1) is 0 Å². The first kappa shape index (κ1) is 22.1. The molecular formula is C24H25F3N4O. The van der Waals surface area contributed by atoms with E-state index in [0.29, 0.717) is 44.6 Å². The van der Waals surface area contributed by atoms with Gasteiger partial charge in [-0.1, -0.05) is 30.3 Å². The summed E-state index contributed by atoms with van der Waals surface area (Å²) in [7, 11) is 0. The Bertz CT molecular complexity index is 1060. The molecule has 2 aromatic carbocycles. The van der Waals surface area contributed by atoms with Gasteiger partial charge in [0.1, 0.15) is 11.6 Å². The molecule has 0 bridgehead atoms. The van der Waals surface area contributed by atoms with Crippen molar-refractivity contribution in [3.63, 3.8) is 0 Å². The maximum Gasteiger partial charge on any atom is 0.225 e. The molecule has 1 N–H and O–H groups in total. The number of carbonyl (C=O) groups is 1. The number of piperidine rings is 1. The maximum atomic E-state index is 14.0. The standard InChI is InChI=1S/C24H25F3N4O/c25-20-7-8-21(26)24(27)19(20)16-30-14-11-18(12-15-30)31-22(10-13-28-31)29-23(32)9-6-17-4-2-1-3-5-17/h1-5,7-8,10,13,18H,6,9,11-12,14-16H2,(H,29,32). The van der Waals surface area contributed by atoms with Crippen molar-refractivity contribution in [2.45, 2.75) is 38.3 Å². The SMILES string of the molecule is O=C(CCc1ccccc1)Nc1ccnn1C1CCN(Cc2c(F)ccc(F)c2F)CC1. The van der Waals surface area contributed by atoms with Crippen LogP contribution in [0.5, 0.6) is 0 Å². The van der Waals surface area contributed by atoms with E-state index in [1.807, 2.05) is 35.2 Å². The van der Waals surface area contributed by atoms with E-state index in [9.17, 15) is 18.0 Å². The Morgan fingerprint density at radius 3 is 2.47 bits per heavy atom. The Labute approximate surface area is 184 Å². The molecule has 3 aromatic rings. The second-order valence-corrected chi connectivity index (χ2v) is 8.02. The predicted molar refractivity (Wildman–Crippen MR) is 115 cm³/mol. The van der Waals surface area contributed by atoms with Crippen molar-refractivity contribution in [2.75, 3.05) is 18.4 Å². The minimum atomic E-state index is -1.13. The van der Waals surface area contributed by atoms with Crippen molar-refractivity contribution in [3.05, 3.63) is 83.3 Å². The van der Waals surface area contributed by atoms with Crippen molar-refractivity contribution >= 4 is 11.7 Å². The number of halogens is 3. The van der Waals surface area contributed by atoms with Crippen LogP contribution in [-0.4, -0.2) is 33.7 Å². The van der Waals surface area contributed by atoms with Gasteiger partial charge >= 0.3 is 0 Å². The van der Waals surface area contributed by atoms with Gasteiger partial charge in [0.25, 0.3) is 0 Å². The van der Waals surface area contributed by atoms with E-state index in [2.05, 4.69) is 10.4 Å². The highest BCUT2D eigenvalue weighted by Crippen LogP contribution is 2.27. The molecule has 0 saturated carbocycles. The number of carbonyl (C=O) groups excluding carboxylic acids is 1. The Morgan fingerprint density at radius 1 is 1.00 bits per heavy atom. The second kappa shape index (κ2) is 9.99. The van der Waals surface area contributed by atoms with Gasteiger partial charge in [0.15, 0.2) is 11.6 Å². The van der Waals surface area contributed by atoms with Crippen LogP contribution in [0.15, 0.2) is 54.7 Å². The first-order valence-corrected chi connectivity index (χ1v) is 10.7. The van der Waals surface area contributed by atoms with Gasteiger partial charge in [0, 0.05) is 37.7 Å². The van der Waals surface area contributed by atoms with Gasteiger partial charge in [-0.25, -0.2) is 17.9 Å². The molecular weight excluding hydrogens is 417 g/mol. The fourth-order valence-electron chi connectivity index (χ4n) is 4.07. The fourth-order valence-corrected chi connectivity index (χ4v) is 4.07. The van der Waals surface area contributed by atoms with Crippen molar-refractivity contribution in [1.29, 1.82) is 0 Å². The van der Waals surface area contributed by atoms with Crippen LogP contribution in [0.3, 0.4) is 0 Å². The number of nitrogens with zero attached hydrogens (tertiary/aromatic N) is 3. The quantitative estimate of drug-likeness (QED) is 0.540. The van der Waals surface area contributed by atoms with Gasteiger partial charge < -0.3 is 5.32 Å². The van der Waals surface area contributed by atoms with Crippen LogP contribution in [0.25, 0.3) is 0 Å². The first-order valence-electron chi connectivity index (χ1n) is 10.7. The number of hydrogen-bond acceptors (Lipinski definition) is 3. The molecule has 0 unspecified atom stereocenters. The number of rotatable bonds is 7. The van der Waals surface area contributed by atoms with E-state index in [0.717, 1.165) is 17.7 Å². The number of aromatic nitrogens is 2. The molecule has 1 aliphatic rings. The summed E-state index contributed by atoms with van der Waals surface area (Å²) >= 11 is 0. The highest BCUT2D eigenvalue weighted by atomic mass is 19.2. The minimum Gasteiger partial charge on any atom is -0.311 e. The molecule has 0 aliphatic carbocycles. The molecule has 168 valence electrons. The summed E-state index contributed by atoms with van der Waals surface area (Å²) in [5, 5.41) is 7.31. The molecule has 1 aromatic heterocycles. The molecule has 0 spiro atoms. The number of benzene rings is 2. The van der Waals surface area contributed by atoms with Gasteiger partial charge in [-0.05, 0) is 37.0 Å². The van der Waals surface area contributed by atoms with Crippen LogP contribution in [-0.2, 0) is 17.8 Å². The highest BCUT2D eigenvalue weighted by molar-refractivity contribution is 5.89. The van der Waals surface area contributed by atoms with Crippen LogP contribution >= 0.6 is 0 Å². The molecule has 1 aliphatic heterocycles. The lowest BCUT2D eigenvalue weighted by atomic mass is 10.0. The molecule has 32 heavy (non-hydrogen) atoms. The lowest BCUT2D eigenvalue weighted by molar-refractivity contribution is -0.116. The van der Waals surface area contributed by atoms with E-state index in [1.165, 1.54) is 0 Å². The number of anilines is 1. The molecule has 1 fully saturated rings. The van der Waals surface area contributed by atoms with Gasteiger partial charge in [-0.2, -0.15) is 5.10 Å². The third-order valence-electron chi connectivity index (χ3n) is 5.84. The average Bonchev–Trinajstić information content (AvgIpc) is 3.27. The highest BCUT2D eigenvalue weighted by Gasteiger charge is 2.25. The predicted octanol–water partition coefficient (Wildman–Crippen LogP) is 4.71. The van der Waals surface area contributed by atoms with Crippen LogP contribution in [0.4, 0.5) is 19.0 Å². The van der Waals surface area contributed by atoms with Crippen molar-refractivity contribution in [3.8, 4) is 0 Å². The number of aryl methyl sites for hydroxylation is 1. The van der Waals surface area contributed by atoms with Crippen molar-refractivity contribution in [1.82, 2.24) is 14.7 Å². The Kier molecular flexibility index (Phi) is 6.90. The topological polar surface area (TPSA) is 50.2 Å². The van der Waals surface area contributed by atoms with E-state index < -0.39 is 17.5 Å². The lowest BCUT2D eigenvalue weighted by Crippen LogP contribution is -2.35. The molecule has 4 rings (SSSR count). The van der Waals surface area contributed by atoms with Crippen LogP contribution in [0.1, 0.15) is 36.4 Å². The number of amides is 1. The smallest absolute Gasteiger partial charge is 0.225 e. The largest absolute Gasteiger partial charge is 0.311 e. The number of nitrogens with one attached hydrogen (secondary N) is 1. The third-order valence-corrected chi connectivity index (χ3v) is 5.84. The van der Waals surface area contributed by atoms with Crippen LogP contribution in [0.2, 0.25) is 0 Å². The summed E-state index contributed by atoms with van der Waals surface area (Å²) in [4.78, 5) is 14.3. The third kappa shape index (κ3) is 5.19. The van der Waals surface area contributed by atoms with Gasteiger partial charge in [0.05, 0.1) is 12.2 Å². The second-order valence-electron chi connectivity index (χ2n) is 8.02.